The molecule has 1 N–H and O–H groups in total. The summed E-state index contributed by atoms with van der Waals surface area (Å²) in [4.78, 5) is 13.8. The van der Waals surface area contributed by atoms with Gasteiger partial charge in [0.2, 0.25) is 5.91 Å². The lowest BCUT2D eigenvalue weighted by atomic mass is 10.2. The predicted molar refractivity (Wildman–Crippen MR) is 64.8 cm³/mol. The number of carbonyl (C=O) groups is 1. The standard InChI is InChI=1S/C12H23N3O/c1-6-10(4)14-12(16)11(5)15(8-7-13)9(2)3/h9-11H,6,8H2,1-5H3,(H,14,16). The molecule has 16 heavy (non-hydrogen) atoms. The van der Waals surface area contributed by atoms with Gasteiger partial charge in [0.1, 0.15) is 0 Å². The van der Waals surface area contributed by atoms with Crippen molar-refractivity contribution in [3.8, 4) is 6.07 Å². The van der Waals surface area contributed by atoms with Crippen LogP contribution in [0.1, 0.15) is 41.0 Å². The summed E-state index contributed by atoms with van der Waals surface area (Å²) in [6.07, 6.45) is 0.915. The van der Waals surface area contributed by atoms with E-state index < -0.39 is 0 Å². The van der Waals surface area contributed by atoms with Crippen molar-refractivity contribution in [2.75, 3.05) is 6.54 Å². The lowest BCUT2D eigenvalue weighted by Crippen LogP contribution is -2.50. The molecule has 0 spiro atoms. The van der Waals surface area contributed by atoms with E-state index in [1.807, 2.05) is 39.5 Å². The van der Waals surface area contributed by atoms with E-state index in [0.717, 1.165) is 6.42 Å². The highest BCUT2D eigenvalue weighted by molar-refractivity contribution is 5.81. The van der Waals surface area contributed by atoms with E-state index in [4.69, 9.17) is 5.26 Å². The molecule has 0 aromatic rings. The first-order chi connectivity index (χ1) is 7.43. The van der Waals surface area contributed by atoms with Gasteiger partial charge in [0.25, 0.3) is 0 Å². The van der Waals surface area contributed by atoms with Crippen LogP contribution < -0.4 is 5.32 Å². The molecule has 2 atom stereocenters. The van der Waals surface area contributed by atoms with Gasteiger partial charge in [-0.15, -0.1) is 0 Å². The highest BCUT2D eigenvalue weighted by Crippen LogP contribution is 2.05. The zero-order chi connectivity index (χ0) is 12.7. The summed E-state index contributed by atoms with van der Waals surface area (Å²) in [5, 5.41) is 11.7. The van der Waals surface area contributed by atoms with Crippen molar-refractivity contribution in [1.29, 1.82) is 5.26 Å². The maximum absolute atomic E-state index is 11.9. The molecule has 92 valence electrons. The Bertz CT molecular complexity index is 257. The number of amides is 1. The fourth-order valence-electron chi connectivity index (χ4n) is 1.46. The number of hydrogen-bond donors (Lipinski definition) is 1. The Morgan fingerprint density at radius 3 is 2.31 bits per heavy atom. The normalized spacial score (nSPS) is 14.6. The highest BCUT2D eigenvalue weighted by Gasteiger charge is 2.23. The molecule has 0 rings (SSSR count). The van der Waals surface area contributed by atoms with E-state index in [-0.39, 0.29) is 30.6 Å². The van der Waals surface area contributed by atoms with Crippen LogP contribution in [0.5, 0.6) is 0 Å². The van der Waals surface area contributed by atoms with Crippen molar-refractivity contribution in [3.05, 3.63) is 0 Å². The molecule has 0 heterocycles. The molecular weight excluding hydrogens is 202 g/mol. The van der Waals surface area contributed by atoms with E-state index in [0.29, 0.717) is 0 Å². The molecule has 2 unspecified atom stereocenters. The van der Waals surface area contributed by atoms with Crippen molar-refractivity contribution < 1.29 is 4.79 Å². The van der Waals surface area contributed by atoms with Crippen molar-refractivity contribution in [3.63, 3.8) is 0 Å². The molecule has 0 saturated carbocycles. The summed E-state index contributed by atoms with van der Waals surface area (Å²) >= 11 is 0. The first-order valence-electron chi connectivity index (χ1n) is 5.87. The van der Waals surface area contributed by atoms with Crippen LogP contribution in [0.25, 0.3) is 0 Å². The minimum atomic E-state index is -0.256. The molecule has 4 nitrogen and oxygen atoms in total. The summed E-state index contributed by atoms with van der Waals surface area (Å²) in [6.45, 7) is 10.1. The molecule has 0 aliphatic rings. The van der Waals surface area contributed by atoms with Crippen molar-refractivity contribution in [2.24, 2.45) is 0 Å². The summed E-state index contributed by atoms with van der Waals surface area (Å²) in [6, 6.07) is 2.22. The van der Waals surface area contributed by atoms with Gasteiger partial charge in [-0.2, -0.15) is 5.26 Å². The monoisotopic (exact) mass is 225 g/mol. The topological polar surface area (TPSA) is 56.1 Å². The van der Waals surface area contributed by atoms with Gasteiger partial charge < -0.3 is 5.32 Å². The molecule has 0 aliphatic heterocycles. The van der Waals surface area contributed by atoms with E-state index >= 15 is 0 Å². The van der Waals surface area contributed by atoms with E-state index in [2.05, 4.69) is 11.4 Å². The van der Waals surface area contributed by atoms with Gasteiger partial charge >= 0.3 is 0 Å². The smallest absolute Gasteiger partial charge is 0.237 e. The van der Waals surface area contributed by atoms with Crippen LogP contribution in [-0.4, -0.2) is 35.5 Å². The van der Waals surface area contributed by atoms with E-state index in [1.54, 1.807) is 0 Å². The van der Waals surface area contributed by atoms with Crippen molar-refractivity contribution >= 4 is 5.91 Å². The molecule has 0 fully saturated rings. The van der Waals surface area contributed by atoms with E-state index in [1.165, 1.54) is 0 Å². The quantitative estimate of drug-likeness (QED) is 0.697. The van der Waals surface area contributed by atoms with Gasteiger partial charge in [0.05, 0.1) is 18.7 Å². The maximum Gasteiger partial charge on any atom is 0.237 e. The summed E-state index contributed by atoms with van der Waals surface area (Å²) in [5.74, 6) is -0.00157. The average molecular weight is 225 g/mol. The minimum Gasteiger partial charge on any atom is -0.352 e. The van der Waals surface area contributed by atoms with Gasteiger partial charge in [0, 0.05) is 12.1 Å². The molecule has 0 bridgehead atoms. The van der Waals surface area contributed by atoms with Gasteiger partial charge in [-0.25, -0.2) is 0 Å². The Kier molecular flexibility index (Phi) is 6.75. The third-order valence-electron chi connectivity index (χ3n) is 2.79. The first kappa shape index (κ1) is 14.9. The Morgan fingerprint density at radius 1 is 1.38 bits per heavy atom. The van der Waals surface area contributed by atoms with Crippen LogP contribution in [-0.2, 0) is 4.79 Å². The van der Waals surface area contributed by atoms with Gasteiger partial charge in [-0.05, 0) is 34.1 Å². The lowest BCUT2D eigenvalue weighted by molar-refractivity contribution is -0.126. The predicted octanol–water partition coefficient (Wildman–Crippen LogP) is 1.52. The third kappa shape index (κ3) is 4.63. The second-order valence-corrected chi connectivity index (χ2v) is 4.42. The number of nitrogens with zero attached hydrogens (tertiary/aromatic N) is 2. The maximum atomic E-state index is 11.9. The zero-order valence-electron chi connectivity index (χ0n) is 10.9. The number of rotatable bonds is 6. The van der Waals surface area contributed by atoms with Crippen LogP contribution in [0.4, 0.5) is 0 Å². The van der Waals surface area contributed by atoms with Crippen LogP contribution in [0.3, 0.4) is 0 Å². The fraction of sp³-hybridized carbons (Fsp3) is 0.833. The average Bonchev–Trinajstić information content (AvgIpc) is 2.24. The summed E-state index contributed by atoms with van der Waals surface area (Å²) in [5.41, 5.74) is 0. The number of nitriles is 1. The van der Waals surface area contributed by atoms with Crippen molar-refractivity contribution in [1.82, 2.24) is 10.2 Å². The lowest BCUT2D eigenvalue weighted by Gasteiger charge is -2.30. The Balaban J connectivity index is 4.44. The largest absolute Gasteiger partial charge is 0.352 e. The zero-order valence-corrected chi connectivity index (χ0v) is 10.9. The molecule has 0 aliphatic carbocycles. The Labute approximate surface area is 98.6 Å². The van der Waals surface area contributed by atoms with Gasteiger partial charge in [0.15, 0.2) is 0 Å². The summed E-state index contributed by atoms with van der Waals surface area (Å²) in [7, 11) is 0. The number of carbonyl (C=O) groups excluding carboxylic acids is 1. The molecule has 4 heteroatoms. The first-order valence-corrected chi connectivity index (χ1v) is 5.87. The van der Waals surface area contributed by atoms with Gasteiger partial charge in [-0.3, -0.25) is 9.69 Å². The third-order valence-corrected chi connectivity index (χ3v) is 2.79. The number of nitrogens with one attached hydrogen (secondary N) is 1. The second-order valence-electron chi connectivity index (χ2n) is 4.42. The van der Waals surface area contributed by atoms with Crippen molar-refractivity contribution in [2.45, 2.75) is 59.2 Å². The van der Waals surface area contributed by atoms with Gasteiger partial charge in [-0.1, -0.05) is 6.92 Å². The highest BCUT2D eigenvalue weighted by atomic mass is 16.2. The Hall–Kier alpha value is -1.08. The van der Waals surface area contributed by atoms with Crippen LogP contribution in [0, 0.1) is 11.3 Å². The van der Waals surface area contributed by atoms with Crippen LogP contribution in [0.15, 0.2) is 0 Å². The van der Waals surface area contributed by atoms with Crippen LogP contribution >= 0.6 is 0 Å². The molecule has 0 aromatic heterocycles. The SMILES string of the molecule is CCC(C)NC(=O)C(C)N(CC#N)C(C)C. The molecule has 0 aromatic carbocycles. The molecule has 0 saturated heterocycles. The molecule has 1 amide bonds. The minimum absolute atomic E-state index is 0.00157. The summed E-state index contributed by atoms with van der Waals surface area (Å²) < 4.78 is 0. The Morgan fingerprint density at radius 2 is 1.94 bits per heavy atom. The number of hydrogen-bond acceptors (Lipinski definition) is 3. The molecular formula is C12H23N3O. The van der Waals surface area contributed by atoms with Crippen LogP contribution in [0.2, 0.25) is 0 Å². The second kappa shape index (κ2) is 7.24. The fourth-order valence-corrected chi connectivity index (χ4v) is 1.46. The molecule has 0 radical (unpaired) electrons. The van der Waals surface area contributed by atoms with E-state index in [9.17, 15) is 4.79 Å².